The number of hydrazone groups is 1. The lowest BCUT2D eigenvalue weighted by Gasteiger charge is -2.33. The van der Waals surface area contributed by atoms with Crippen molar-refractivity contribution in [3.63, 3.8) is 0 Å². The van der Waals surface area contributed by atoms with E-state index in [1.54, 1.807) is 30.3 Å². The summed E-state index contributed by atoms with van der Waals surface area (Å²) in [7, 11) is 0. The van der Waals surface area contributed by atoms with Crippen molar-refractivity contribution in [1.29, 1.82) is 0 Å². The van der Waals surface area contributed by atoms with Crippen molar-refractivity contribution in [2.75, 3.05) is 19.6 Å². The van der Waals surface area contributed by atoms with Crippen molar-refractivity contribution in [1.82, 2.24) is 15.6 Å². The van der Waals surface area contributed by atoms with Gasteiger partial charge in [-0.1, -0.05) is 42.8 Å². The van der Waals surface area contributed by atoms with Crippen LogP contribution in [0.5, 0.6) is 0 Å². The average Bonchev–Trinajstić information content (AvgIpc) is 2.83. The Morgan fingerprint density at radius 1 is 1.00 bits per heavy atom. The van der Waals surface area contributed by atoms with E-state index < -0.39 is 0 Å². The first kappa shape index (κ1) is 23.6. The number of nitrogens with zero attached hydrogens (tertiary/aromatic N) is 2. The lowest BCUT2D eigenvalue weighted by atomic mass is 10.0. The number of carbonyl (C=O) groups excluding carboxylic acids is 2. The first-order valence-electron chi connectivity index (χ1n) is 11.3. The summed E-state index contributed by atoms with van der Waals surface area (Å²) in [6.45, 7) is 2.34. The Morgan fingerprint density at radius 2 is 1.72 bits per heavy atom. The summed E-state index contributed by atoms with van der Waals surface area (Å²) in [4.78, 5) is 27.2. The molecule has 2 aromatic rings. The fourth-order valence-electron chi connectivity index (χ4n) is 3.89. The van der Waals surface area contributed by atoms with Crippen LogP contribution in [0.1, 0.15) is 54.4 Å². The lowest BCUT2D eigenvalue weighted by Crippen LogP contribution is -2.47. The third-order valence-corrected chi connectivity index (χ3v) is 5.64. The van der Waals surface area contributed by atoms with Gasteiger partial charge in [0.2, 0.25) is 0 Å². The van der Waals surface area contributed by atoms with Crippen molar-refractivity contribution in [2.24, 2.45) is 5.10 Å². The maximum Gasteiger partial charge on any atom is 0.257 e. The van der Waals surface area contributed by atoms with Crippen LogP contribution in [0.25, 0.3) is 0 Å². The molecule has 0 bridgehead atoms. The minimum Gasteiger partial charge on any atom is -0.352 e. The Balaban J connectivity index is 1.48. The molecule has 6 nitrogen and oxygen atoms in total. The van der Waals surface area contributed by atoms with E-state index >= 15 is 0 Å². The summed E-state index contributed by atoms with van der Waals surface area (Å²) >= 11 is 0. The number of amides is 2. The molecule has 170 valence electrons. The number of piperidine rings is 1. The molecule has 32 heavy (non-hydrogen) atoms. The Bertz CT molecular complexity index is 898. The van der Waals surface area contributed by atoms with Crippen LogP contribution in [0, 0.1) is 5.82 Å². The predicted molar refractivity (Wildman–Crippen MR) is 124 cm³/mol. The zero-order valence-corrected chi connectivity index (χ0v) is 18.3. The van der Waals surface area contributed by atoms with Gasteiger partial charge in [-0.15, -0.1) is 0 Å². The molecule has 7 heteroatoms. The van der Waals surface area contributed by atoms with E-state index in [4.69, 9.17) is 0 Å². The first-order chi connectivity index (χ1) is 15.6. The molecule has 2 amide bonds. The van der Waals surface area contributed by atoms with E-state index in [9.17, 15) is 14.0 Å². The molecule has 2 aromatic carbocycles. The molecule has 3 rings (SSSR count). The molecule has 1 atom stereocenters. The number of halogens is 1. The summed E-state index contributed by atoms with van der Waals surface area (Å²) in [6.07, 6.45) is 6.95. The zero-order valence-electron chi connectivity index (χ0n) is 18.3. The highest BCUT2D eigenvalue weighted by atomic mass is 19.1. The number of unbranched alkanes of at least 4 members (excludes halogenated alkanes) is 1. The molecule has 1 aliphatic heterocycles. The minimum absolute atomic E-state index is 0.0848. The van der Waals surface area contributed by atoms with Crippen molar-refractivity contribution in [3.8, 4) is 0 Å². The molecule has 0 aliphatic carbocycles. The Labute approximate surface area is 188 Å². The van der Waals surface area contributed by atoms with Gasteiger partial charge in [0, 0.05) is 17.7 Å². The number of hydrogen-bond donors (Lipinski definition) is 2. The van der Waals surface area contributed by atoms with Gasteiger partial charge in [-0.2, -0.15) is 5.10 Å². The number of carbonyl (C=O) groups is 2. The number of hydrogen-bond acceptors (Lipinski definition) is 4. The fraction of sp³-hybridized carbons (Fsp3) is 0.400. The van der Waals surface area contributed by atoms with Crippen LogP contribution in [-0.4, -0.2) is 48.6 Å². The summed E-state index contributed by atoms with van der Waals surface area (Å²) in [5.41, 5.74) is 3.56. The third kappa shape index (κ3) is 7.27. The van der Waals surface area contributed by atoms with Gasteiger partial charge in [-0.25, -0.2) is 9.82 Å². The summed E-state index contributed by atoms with van der Waals surface area (Å²) in [5, 5.41) is 6.90. The van der Waals surface area contributed by atoms with Gasteiger partial charge < -0.3 is 5.32 Å². The van der Waals surface area contributed by atoms with E-state index in [1.807, 2.05) is 18.2 Å². The molecule has 0 radical (unpaired) electrons. The van der Waals surface area contributed by atoms with Crippen LogP contribution in [0.15, 0.2) is 59.7 Å². The third-order valence-electron chi connectivity index (χ3n) is 5.64. The normalized spacial score (nSPS) is 15.4. The largest absolute Gasteiger partial charge is 0.352 e. The molecule has 1 unspecified atom stereocenters. The smallest absolute Gasteiger partial charge is 0.257 e. The van der Waals surface area contributed by atoms with Gasteiger partial charge in [-0.3, -0.25) is 14.5 Å². The number of rotatable bonds is 10. The quantitative estimate of drug-likeness (QED) is 0.337. The second kappa shape index (κ2) is 12.7. The molecule has 0 aromatic heterocycles. The van der Waals surface area contributed by atoms with Crippen molar-refractivity contribution < 1.29 is 14.0 Å². The van der Waals surface area contributed by atoms with Crippen LogP contribution in [0.2, 0.25) is 0 Å². The Kier molecular flexibility index (Phi) is 9.37. The first-order valence-corrected chi connectivity index (χ1v) is 11.3. The van der Waals surface area contributed by atoms with Gasteiger partial charge in [-0.05, 0) is 63.4 Å². The maximum atomic E-state index is 13.7. The molecule has 2 N–H and O–H groups in total. The number of benzene rings is 2. The van der Waals surface area contributed by atoms with Crippen LogP contribution < -0.4 is 10.7 Å². The van der Waals surface area contributed by atoms with E-state index in [0.29, 0.717) is 24.1 Å². The molecule has 1 fully saturated rings. The van der Waals surface area contributed by atoms with E-state index in [2.05, 4.69) is 20.7 Å². The highest BCUT2D eigenvalue weighted by Gasteiger charge is 2.26. The highest BCUT2D eigenvalue weighted by molar-refractivity contribution is 5.94. The molecule has 1 saturated heterocycles. The zero-order chi connectivity index (χ0) is 22.6. The predicted octanol–water partition coefficient (Wildman–Crippen LogP) is 3.73. The summed E-state index contributed by atoms with van der Waals surface area (Å²) in [6, 6.07) is 15.1. The molecule has 0 saturated carbocycles. The van der Waals surface area contributed by atoms with E-state index in [-0.39, 0.29) is 23.7 Å². The summed E-state index contributed by atoms with van der Waals surface area (Å²) < 4.78 is 13.7. The maximum absolute atomic E-state index is 13.7. The average molecular weight is 439 g/mol. The second-order valence-corrected chi connectivity index (χ2v) is 7.99. The standard InChI is InChI=1S/C25H31FN4O2/c26-22-14-6-5-13-21(22)19-28-29-25(32)23(30-17-9-2-10-18-30)15-7-8-16-27-24(31)20-11-3-1-4-12-20/h1,3-6,11-14,19,23H,2,7-10,15-18H2,(H,27,31)(H,29,32). The van der Waals surface area contributed by atoms with Crippen LogP contribution in [0.3, 0.4) is 0 Å². The fourth-order valence-corrected chi connectivity index (χ4v) is 3.89. The van der Waals surface area contributed by atoms with Gasteiger partial charge in [0.05, 0.1) is 12.3 Å². The summed E-state index contributed by atoms with van der Waals surface area (Å²) in [5.74, 6) is -0.637. The van der Waals surface area contributed by atoms with Crippen molar-refractivity contribution in [3.05, 3.63) is 71.5 Å². The molecular weight excluding hydrogens is 407 g/mol. The van der Waals surface area contributed by atoms with Gasteiger partial charge in [0.1, 0.15) is 5.82 Å². The SMILES string of the molecule is O=C(NCCCCC(C(=O)NN=Cc1ccccc1F)N1CCCCC1)c1ccccc1. The Morgan fingerprint density at radius 3 is 2.47 bits per heavy atom. The monoisotopic (exact) mass is 438 g/mol. The molecule has 1 heterocycles. The van der Waals surface area contributed by atoms with Crippen LogP contribution in [0.4, 0.5) is 4.39 Å². The van der Waals surface area contributed by atoms with E-state index in [0.717, 1.165) is 38.8 Å². The number of nitrogens with one attached hydrogen (secondary N) is 2. The van der Waals surface area contributed by atoms with Crippen LogP contribution in [-0.2, 0) is 4.79 Å². The lowest BCUT2D eigenvalue weighted by molar-refractivity contribution is -0.127. The molecule has 0 spiro atoms. The van der Waals surface area contributed by atoms with Crippen molar-refractivity contribution >= 4 is 18.0 Å². The van der Waals surface area contributed by atoms with E-state index in [1.165, 1.54) is 18.7 Å². The number of likely N-dealkylation sites (tertiary alicyclic amines) is 1. The van der Waals surface area contributed by atoms with Crippen molar-refractivity contribution in [2.45, 2.75) is 44.6 Å². The Hall–Kier alpha value is -3.06. The molecule has 1 aliphatic rings. The van der Waals surface area contributed by atoms with Gasteiger partial charge >= 0.3 is 0 Å². The van der Waals surface area contributed by atoms with Gasteiger partial charge in [0.15, 0.2) is 0 Å². The highest BCUT2D eigenvalue weighted by Crippen LogP contribution is 2.16. The topological polar surface area (TPSA) is 73.8 Å². The second-order valence-electron chi connectivity index (χ2n) is 7.99. The van der Waals surface area contributed by atoms with Gasteiger partial charge in [0.25, 0.3) is 11.8 Å². The van der Waals surface area contributed by atoms with Crippen LogP contribution >= 0.6 is 0 Å². The minimum atomic E-state index is -0.379. The molecular formula is C25H31FN4O2.